The fourth-order valence-corrected chi connectivity index (χ4v) is 3.12. The summed E-state index contributed by atoms with van der Waals surface area (Å²) in [7, 11) is 1.54. The molecule has 0 spiro atoms. The minimum absolute atomic E-state index is 0.0113. The van der Waals surface area contributed by atoms with Gasteiger partial charge in [0.05, 0.1) is 19.3 Å². The van der Waals surface area contributed by atoms with Crippen molar-refractivity contribution in [2.24, 2.45) is 0 Å². The number of rotatable bonds is 5. The van der Waals surface area contributed by atoms with Crippen molar-refractivity contribution in [2.45, 2.75) is 57.0 Å². The topological polar surface area (TPSA) is 61.7 Å². The van der Waals surface area contributed by atoms with Crippen molar-refractivity contribution in [3.63, 3.8) is 0 Å². The quantitative estimate of drug-likeness (QED) is 0.731. The van der Waals surface area contributed by atoms with Gasteiger partial charge in [0.2, 0.25) is 0 Å². The summed E-state index contributed by atoms with van der Waals surface area (Å²) in [6.07, 6.45) is 7.42. The zero-order valence-electron chi connectivity index (χ0n) is 13.1. The number of phenolic OH excluding ortho intramolecular Hbond substituents is 1. The molecule has 1 fully saturated rings. The van der Waals surface area contributed by atoms with Crippen LogP contribution in [-0.2, 0) is 5.54 Å². The number of hydrogen-bond acceptors (Lipinski definition) is 4. The van der Waals surface area contributed by atoms with E-state index in [4.69, 9.17) is 4.74 Å². The number of aliphatic hydroxyl groups excluding tert-OH is 1. The van der Waals surface area contributed by atoms with Crippen molar-refractivity contribution >= 4 is 0 Å². The average Bonchev–Trinajstić information content (AvgIpc) is 2.76. The summed E-state index contributed by atoms with van der Waals surface area (Å²) in [5, 5.41) is 23.3. The summed E-state index contributed by atoms with van der Waals surface area (Å²) >= 11 is 0. The van der Waals surface area contributed by atoms with Gasteiger partial charge in [-0.1, -0.05) is 31.7 Å². The Hall–Kier alpha value is -1.26. The first-order chi connectivity index (χ1) is 10.1. The Bertz CT molecular complexity index is 455. The second-order valence-corrected chi connectivity index (χ2v) is 6.21. The van der Waals surface area contributed by atoms with Crippen LogP contribution in [0.15, 0.2) is 18.2 Å². The smallest absolute Gasteiger partial charge is 0.160 e. The highest BCUT2D eigenvalue weighted by molar-refractivity contribution is 5.44. The maximum absolute atomic E-state index is 9.91. The SMILES string of the molecule is COc1cc(C(C)(CO)NC2CCCCCC2)ccc1O. The number of nitrogens with one attached hydrogen (secondary N) is 1. The van der Waals surface area contributed by atoms with E-state index in [0.29, 0.717) is 11.8 Å². The van der Waals surface area contributed by atoms with Gasteiger partial charge in [-0.3, -0.25) is 0 Å². The summed E-state index contributed by atoms with van der Waals surface area (Å²) in [6, 6.07) is 5.70. The average molecular weight is 293 g/mol. The number of benzene rings is 1. The molecule has 2 rings (SSSR count). The van der Waals surface area contributed by atoms with Crippen LogP contribution in [-0.4, -0.2) is 30.0 Å². The molecule has 0 radical (unpaired) electrons. The first kappa shape index (κ1) is 16.1. The van der Waals surface area contributed by atoms with E-state index in [1.165, 1.54) is 32.8 Å². The molecule has 1 aliphatic rings. The molecule has 21 heavy (non-hydrogen) atoms. The lowest BCUT2D eigenvalue weighted by Crippen LogP contribution is -2.48. The van der Waals surface area contributed by atoms with Crippen molar-refractivity contribution in [3.05, 3.63) is 23.8 Å². The van der Waals surface area contributed by atoms with Gasteiger partial charge in [0, 0.05) is 6.04 Å². The van der Waals surface area contributed by atoms with E-state index in [-0.39, 0.29) is 12.4 Å². The van der Waals surface area contributed by atoms with Gasteiger partial charge < -0.3 is 20.3 Å². The molecular weight excluding hydrogens is 266 g/mol. The van der Waals surface area contributed by atoms with E-state index in [0.717, 1.165) is 18.4 Å². The maximum atomic E-state index is 9.91. The van der Waals surface area contributed by atoms with Crippen molar-refractivity contribution < 1.29 is 14.9 Å². The van der Waals surface area contributed by atoms with Crippen molar-refractivity contribution in [1.29, 1.82) is 0 Å². The van der Waals surface area contributed by atoms with Crippen LogP contribution < -0.4 is 10.1 Å². The Kier molecular flexibility index (Phi) is 5.48. The molecule has 118 valence electrons. The van der Waals surface area contributed by atoms with Gasteiger partial charge in [0.15, 0.2) is 11.5 Å². The van der Waals surface area contributed by atoms with Gasteiger partial charge in [0.1, 0.15) is 0 Å². The Morgan fingerprint density at radius 2 is 1.90 bits per heavy atom. The molecule has 0 bridgehead atoms. The normalized spacial score (nSPS) is 19.8. The molecule has 0 aromatic heterocycles. The second-order valence-electron chi connectivity index (χ2n) is 6.21. The van der Waals surface area contributed by atoms with Gasteiger partial charge in [-0.25, -0.2) is 0 Å². The summed E-state index contributed by atoms with van der Waals surface area (Å²) in [5.41, 5.74) is 0.416. The number of hydrogen-bond donors (Lipinski definition) is 3. The Labute approximate surface area is 127 Å². The zero-order valence-corrected chi connectivity index (χ0v) is 13.1. The molecule has 1 aromatic rings. The molecule has 0 saturated heterocycles. The first-order valence-corrected chi connectivity index (χ1v) is 7.85. The molecule has 4 heteroatoms. The Morgan fingerprint density at radius 1 is 1.24 bits per heavy atom. The molecule has 1 saturated carbocycles. The van der Waals surface area contributed by atoms with Crippen LogP contribution >= 0.6 is 0 Å². The number of aliphatic hydroxyl groups is 1. The zero-order chi connectivity index (χ0) is 15.3. The minimum Gasteiger partial charge on any atom is -0.504 e. The second kappa shape index (κ2) is 7.14. The standard InChI is InChI=1S/C17H27NO3/c1-17(12-19,18-14-7-5-3-4-6-8-14)13-9-10-15(20)16(11-13)21-2/h9-11,14,18-20H,3-8,12H2,1-2H3. The summed E-state index contributed by atoms with van der Waals surface area (Å²) in [4.78, 5) is 0. The van der Waals surface area contributed by atoms with Gasteiger partial charge in [0.25, 0.3) is 0 Å². The fraction of sp³-hybridized carbons (Fsp3) is 0.647. The summed E-state index contributed by atoms with van der Waals surface area (Å²) < 4.78 is 5.18. The van der Waals surface area contributed by atoms with E-state index in [9.17, 15) is 10.2 Å². The largest absolute Gasteiger partial charge is 0.504 e. The lowest BCUT2D eigenvalue weighted by molar-refractivity contribution is 0.156. The molecular formula is C17H27NO3. The summed E-state index contributed by atoms with van der Waals surface area (Å²) in [5.74, 6) is 0.561. The third-order valence-corrected chi connectivity index (χ3v) is 4.51. The van der Waals surface area contributed by atoms with E-state index < -0.39 is 5.54 Å². The predicted octanol–water partition coefficient (Wildman–Crippen LogP) is 2.92. The molecule has 1 aliphatic carbocycles. The van der Waals surface area contributed by atoms with Gasteiger partial charge >= 0.3 is 0 Å². The van der Waals surface area contributed by atoms with Crippen LogP contribution in [0.1, 0.15) is 51.0 Å². The molecule has 3 N–H and O–H groups in total. The third kappa shape index (κ3) is 3.89. The van der Waals surface area contributed by atoms with Crippen LogP contribution in [0.3, 0.4) is 0 Å². The highest BCUT2D eigenvalue weighted by atomic mass is 16.5. The fourth-order valence-electron chi connectivity index (χ4n) is 3.12. The van der Waals surface area contributed by atoms with E-state index >= 15 is 0 Å². The lowest BCUT2D eigenvalue weighted by atomic mass is 9.90. The minimum atomic E-state index is -0.518. The monoisotopic (exact) mass is 293 g/mol. The van der Waals surface area contributed by atoms with E-state index in [1.807, 2.05) is 13.0 Å². The van der Waals surface area contributed by atoms with E-state index in [2.05, 4.69) is 5.32 Å². The highest BCUT2D eigenvalue weighted by Crippen LogP contribution is 2.32. The predicted molar refractivity (Wildman–Crippen MR) is 83.7 cm³/mol. The highest BCUT2D eigenvalue weighted by Gasteiger charge is 2.29. The van der Waals surface area contributed by atoms with Gasteiger partial charge in [-0.15, -0.1) is 0 Å². The van der Waals surface area contributed by atoms with Crippen LogP contribution in [0.4, 0.5) is 0 Å². The number of ether oxygens (including phenoxy) is 1. The van der Waals surface area contributed by atoms with E-state index in [1.54, 1.807) is 12.1 Å². The van der Waals surface area contributed by atoms with Crippen LogP contribution in [0.25, 0.3) is 0 Å². The molecule has 1 aromatic carbocycles. The molecule has 0 aliphatic heterocycles. The lowest BCUT2D eigenvalue weighted by Gasteiger charge is -2.34. The number of methoxy groups -OCH3 is 1. The molecule has 1 atom stereocenters. The molecule has 0 amide bonds. The number of aromatic hydroxyl groups is 1. The van der Waals surface area contributed by atoms with Crippen molar-refractivity contribution in [2.75, 3.05) is 13.7 Å². The van der Waals surface area contributed by atoms with Crippen molar-refractivity contribution in [3.8, 4) is 11.5 Å². The van der Waals surface area contributed by atoms with Gasteiger partial charge in [-0.05, 0) is 37.5 Å². The first-order valence-electron chi connectivity index (χ1n) is 7.85. The van der Waals surface area contributed by atoms with Gasteiger partial charge in [-0.2, -0.15) is 0 Å². The van der Waals surface area contributed by atoms with Crippen molar-refractivity contribution in [1.82, 2.24) is 5.32 Å². The van der Waals surface area contributed by atoms with Crippen LogP contribution in [0.5, 0.6) is 11.5 Å². The number of phenols is 1. The third-order valence-electron chi connectivity index (χ3n) is 4.51. The maximum Gasteiger partial charge on any atom is 0.160 e. The Balaban J connectivity index is 2.19. The van der Waals surface area contributed by atoms with Crippen LogP contribution in [0, 0.1) is 0 Å². The molecule has 0 heterocycles. The summed E-state index contributed by atoms with van der Waals surface area (Å²) in [6.45, 7) is 2.02. The molecule has 1 unspecified atom stereocenters. The van der Waals surface area contributed by atoms with Crippen LogP contribution in [0.2, 0.25) is 0 Å². The Morgan fingerprint density at radius 3 is 2.48 bits per heavy atom. The molecule has 4 nitrogen and oxygen atoms in total.